The molecule has 2 unspecified atom stereocenters. The van der Waals surface area contributed by atoms with Crippen molar-refractivity contribution in [3.63, 3.8) is 0 Å². The van der Waals surface area contributed by atoms with Crippen LogP contribution < -0.4 is 9.92 Å². The molecule has 2 fully saturated rings. The molecule has 6 heteroatoms. The molecule has 37 heavy (non-hydrogen) atoms. The number of carboxylic acid groups (broad SMARTS) is 1. The van der Waals surface area contributed by atoms with Gasteiger partial charge in [0.15, 0.2) is 0 Å². The number of ether oxygens (including phenoxy) is 1. The number of aliphatic hydroxyl groups is 1. The van der Waals surface area contributed by atoms with E-state index in [9.17, 15) is 15.0 Å². The number of halogens is 1. The molecule has 210 valence electrons. The van der Waals surface area contributed by atoms with Crippen LogP contribution in [-0.4, -0.2) is 37.0 Å². The van der Waals surface area contributed by atoms with E-state index < -0.39 is 31.9 Å². The van der Waals surface area contributed by atoms with Gasteiger partial charge in [-0.2, -0.15) is 0 Å². The largest absolute Gasteiger partial charge is 0.494 e. The maximum Gasteiger partial charge on any atom is 0.311 e. The van der Waals surface area contributed by atoms with Crippen molar-refractivity contribution in [1.82, 2.24) is 0 Å². The van der Waals surface area contributed by atoms with Crippen molar-refractivity contribution in [3.8, 4) is 5.75 Å². The second kappa shape index (κ2) is 13.6. The summed E-state index contributed by atoms with van der Waals surface area (Å²) in [6, 6.07) is 3.31. The first-order valence-electron chi connectivity index (χ1n) is 14.9. The van der Waals surface area contributed by atoms with Crippen LogP contribution in [0.4, 0.5) is 4.39 Å². The molecule has 3 rings (SSSR count). The highest BCUT2D eigenvalue weighted by Gasteiger charge is 2.35. The van der Waals surface area contributed by atoms with Crippen LogP contribution >= 0.6 is 0 Å². The monoisotopic (exact) mass is 534 g/mol. The van der Waals surface area contributed by atoms with Gasteiger partial charge in [0, 0.05) is 10.8 Å². The van der Waals surface area contributed by atoms with Gasteiger partial charge in [-0.1, -0.05) is 58.3 Å². The Balaban J connectivity index is 1.58. The minimum absolute atomic E-state index is 0.225. The number of aliphatic carboxylic acids is 1. The molecule has 0 spiro atoms. The van der Waals surface area contributed by atoms with E-state index in [1.165, 1.54) is 51.4 Å². The zero-order valence-corrected chi connectivity index (χ0v) is 24.9. The van der Waals surface area contributed by atoms with Crippen LogP contribution in [0.5, 0.6) is 5.75 Å². The fraction of sp³-hybridized carbons (Fsp3) is 0.774. The third kappa shape index (κ3) is 7.81. The molecule has 1 aromatic carbocycles. The number of carboxylic acids is 1. The summed E-state index contributed by atoms with van der Waals surface area (Å²) in [4.78, 5) is 12.2. The lowest BCUT2D eigenvalue weighted by Gasteiger charge is -2.39. The molecule has 2 aliphatic rings. The summed E-state index contributed by atoms with van der Waals surface area (Å²) in [5.74, 6) is 0.910. The van der Waals surface area contributed by atoms with Gasteiger partial charge >= 0.3 is 5.97 Å². The molecular weight excluding hydrogens is 483 g/mol. The molecule has 0 heterocycles. The third-order valence-corrected chi connectivity index (χ3v) is 11.2. The second-order valence-electron chi connectivity index (χ2n) is 12.8. The zero-order chi connectivity index (χ0) is 27.2. The van der Waals surface area contributed by atoms with Crippen molar-refractivity contribution in [2.75, 3.05) is 6.61 Å². The molecule has 0 radical (unpaired) electrons. The van der Waals surface area contributed by atoms with E-state index in [-0.39, 0.29) is 17.9 Å². The van der Waals surface area contributed by atoms with Gasteiger partial charge in [0.05, 0.1) is 26.7 Å². The molecule has 0 aromatic heterocycles. The Labute approximate surface area is 225 Å². The van der Waals surface area contributed by atoms with Crippen molar-refractivity contribution >= 4 is 19.2 Å². The Morgan fingerprint density at radius 2 is 1.59 bits per heavy atom. The Morgan fingerprint density at radius 1 is 1.00 bits per heavy atom. The van der Waals surface area contributed by atoms with Crippen LogP contribution in [0.1, 0.15) is 102 Å². The van der Waals surface area contributed by atoms with E-state index in [4.69, 9.17) is 4.74 Å². The summed E-state index contributed by atoms with van der Waals surface area (Å²) in [6.45, 7) is 10.7. The standard InChI is InChI=1S/C31H51FO4Si/c1-6-8-21-9-11-22(12-10-21)23-13-15-24(16-14-23)27(33)19-17-26(31(34)35)25-18-20-28(36-7-2)30(29(25)32)37(3,4)5/h18,20-24,26-27,33H,6-17,19H2,1-5H3,(H,34,35). The number of benzene rings is 1. The van der Waals surface area contributed by atoms with Crippen LogP contribution in [0.15, 0.2) is 12.1 Å². The normalized spacial score (nSPS) is 26.5. The summed E-state index contributed by atoms with van der Waals surface area (Å²) >= 11 is 0. The lowest BCUT2D eigenvalue weighted by Crippen LogP contribution is -2.42. The van der Waals surface area contributed by atoms with E-state index in [1.54, 1.807) is 12.1 Å². The molecule has 2 aliphatic carbocycles. The molecular formula is C31H51FO4Si. The molecule has 2 saturated carbocycles. The van der Waals surface area contributed by atoms with Gasteiger partial charge in [-0.05, 0) is 88.0 Å². The van der Waals surface area contributed by atoms with E-state index in [1.807, 2.05) is 26.6 Å². The Bertz CT molecular complexity index is 867. The predicted octanol–water partition coefficient (Wildman–Crippen LogP) is 7.49. The van der Waals surface area contributed by atoms with Crippen LogP contribution in [0, 0.1) is 29.5 Å². The first kappa shape index (κ1) is 30.1. The van der Waals surface area contributed by atoms with Crippen LogP contribution in [0.25, 0.3) is 0 Å². The number of hydrogen-bond donors (Lipinski definition) is 2. The maximum atomic E-state index is 15.8. The highest BCUT2D eigenvalue weighted by molar-refractivity contribution is 6.89. The van der Waals surface area contributed by atoms with E-state index >= 15 is 4.39 Å². The fourth-order valence-corrected chi connectivity index (χ4v) is 8.86. The van der Waals surface area contributed by atoms with Crippen molar-refractivity contribution in [2.24, 2.45) is 23.7 Å². The SMILES string of the molecule is CCCC1CCC(C2CCC(C(O)CCC(C(=O)O)c3ccc(OCC)c([Si](C)(C)C)c3F)CC2)CC1. The average Bonchev–Trinajstić information content (AvgIpc) is 2.85. The molecule has 4 nitrogen and oxygen atoms in total. The fourth-order valence-electron chi connectivity index (χ4n) is 7.16. The smallest absolute Gasteiger partial charge is 0.311 e. The minimum Gasteiger partial charge on any atom is -0.494 e. The summed E-state index contributed by atoms with van der Waals surface area (Å²) in [5.41, 5.74) is 0.225. The number of carbonyl (C=O) groups is 1. The molecule has 0 saturated heterocycles. The Kier molecular flexibility index (Phi) is 11.1. The van der Waals surface area contributed by atoms with Crippen molar-refractivity contribution in [2.45, 2.75) is 123 Å². The van der Waals surface area contributed by atoms with Gasteiger partial charge < -0.3 is 14.9 Å². The molecule has 0 amide bonds. The zero-order valence-electron chi connectivity index (χ0n) is 23.9. The third-order valence-electron chi connectivity index (χ3n) is 9.22. The van der Waals surface area contributed by atoms with E-state index in [0.717, 1.165) is 30.6 Å². The minimum atomic E-state index is -2.11. The van der Waals surface area contributed by atoms with Crippen molar-refractivity contribution < 1.29 is 24.1 Å². The second-order valence-corrected chi connectivity index (χ2v) is 17.8. The molecule has 0 bridgehead atoms. The first-order chi connectivity index (χ1) is 17.6. The van der Waals surface area contributed by atoms with Crippen LogP contribution in [0.3, 0.4) is 0 Å². The number of rotatable bonds is 12. The van der Waals surface area contributed by atoms with E-state index in [0.29, 0.717) is 24.0 Å². The lowest BCUT2D eigenvalue weighted by molar-refractivity contribution is -0.139. The van der Waals surface area contributed by atoms with Gasteiger partial charge in [0.2, 0.25) is 0 Å². The van der Waals surface area contributed by atoms with Crippen molar-refractivity contribution in [1.29, 1.82) is 0 Å². The topological polar surface area (TPSA) is 66.8 Å². The summed E-state index contributed by atoms with van der Waals surface area (Å²) in [7, 11) is -2.11. The predicted molar refractivity (Wildman–Crippen MR) is 152 cm³/mol. The summed E-state index contributed by atoms with van der Waals surface area (Å²) < 4.78 is 21.5. The first-order valence-corrected chi connectivity index (χ1v) is 18.4. The van der Waals surface area contributed by atoms with Gasteiger partial charge in [0.1, 0.15) is 11.6 Å². The highest BCUT2D eigenvalue weighted by Crippen LogP contribution is 2.43. The number of hydrogen-bond acceptors (Lipinski definition) is 3. The van der Waals surface area contributed by atoms with Gasteiger partial charge in [-0.15, -0.1) is 0 Å². The lowest BCUT2D eigenvalue weighted by atomic mass is 9.68. The molecule has 1 aromatic rings. The average molecular weight is 535 g/mol. The van der Waals surface area contributed by atoms with E-state index in [2.05, 4.69) is 6.92 Å². The summed E-state index contributed by atoms with van der Waals surface area (Å²) in [6.07, 6.45) is 12.7. The maximum absolute atomic E-state index is 15.8. The molecule has 2 N–H and O–H groups in total. The van der Waals surface area contributed by atoms with Gasteiger partial charge in [-0.3, -0.25) is 4.79 Å². The summed E-state index contributed by atoms with van der Waals surface area (Å²) in [5, 5.41) is 21.6. The Morgan fingerprint density at radius 3 is 2.11 bits per heavy atom. The van der Waals surface area contributed by atoms with Crippen LogP contribution in [-0.2, 0) is 4.79 Å². The van der Waals surface area contributed by atoms with Gasteiger partial charge in [0.25, 0.3) is 0 Å². The molecule has 0 aliphatic heterocycles. The van der Waals surface area contributed by atoms with Crippen LogP contribution in [0.2, 0.25) is 19.6 Å². The highest BCUT2D eigenvalue weighted by atomic mass is 28.3. The Hall–Kier alpha value is -1.40. The molecule has 2 atom stereocenters. The van der Waals surface area contributed by atoms with Crippen molar-refractivity contribution in [3.05, 3.63) is 23.5 Å². The van der Waals surface area contributed by atoms with Gasteiger partial charge in [-0.25, -0.2) is 4.39 Å². The number of aliphatic hydroxyl groups excluding tert-OH is 1. The quantitative estimate of drug-likeness (QED) is 0.273.